The zero-order valence-electron chi connectivity index (χ0n) is 10.3. The van der Waals surface area contributed by atoms with E-state index in [-0.39, 0.29) is 17.9 Å². The summed E-state index contributed by atoms with van der Waals surface area (Å²) >= 11 is 0. The van der Waals surface area contributed by atoms with Gasteiger partial charge in [0.25, 0.3) is 0 Å². The van der Waals surface area contributed by atoms with Crippen molar-refractivity contribution in [3.8, 4) is 0 Å². The van der Waals surface area contributed by atoms with Gasteiger partial charge in [0, 0.05) is 6.54 Å². The number of nitrogens with one attached hydrogen (secondary N) is 2. The maximum absolute atomic E-state index is 12.0. The van der Waals surface area contributed by atoms with E-state index in [2.05, 4.69) is 15.6 Å². The van der Waals surface area contributed by atoms with Crippen molar-refractivity contribution in [1.82, 2.24) is 15.6 Å². The summed E-state index contributed by atoms with van der Waals surface area (Å²) in [6.45, 7) is 5.51. The molecule has 0 aromatic carbocycles. The van der Waals surface area contributed by atoms with Crippen molar-refractivity contribution >= 4 is 5.91 Å². The van der Waals surface area contributed by atoms with E-state index in [1.54, 1.807) is 6.20 Å². The molecule has 1 aliphatic heterocycles. The monoisotopic (exact) mass is 237 g/mol. The van der Waals surface area contributed by atoms with E-state index in [1.165, 1.54) is 0 Å². The summed E-state index contributed by atoms with van der Waals surface area (Å²) in [5, 5.41) is 6.18. The Kier molecular flexibility index (Phi) is 3.78. The van der Waals surface area contributed by atoms with Crippen LogP contribution in [0.4, 0.5) is 0 Å². The lowest BCUT2D eigenvalue weighted by Gasteiger charge is -2.23. The second-order valence-electron chi connectivity index (χ2n) is 4.58. The third kappa shape index (κ3) is 3.06. The molecule has 1 saturated heterocycles. The number of carbonyl (C=O) groups is 1. The number of piperidine rings is 1. The van der Waals surface area contributed by atoms with Crippen LogP contribution < -0.4 is 10.6 Å². The Hall–Kier alpha value is -1.36. The fraction of sp³-hybridized carbons (Fsp3) is 0.667. The fourth-order valence-electron chi connectivity index (χ4n) is 2.04. The maximum atomic E-state index is 12.0. The van der Waals surface area contributed by atoms with Gasteiger partial charge in [0.1, 0.15) is 11.8 Å². The second kappa shape index (κ2) is 5.31. The zero-order valence-corrected chi connectivity index (χ0v) is 10.3. The summed E-state index contributed by atoms with van der Waals surface area (Å²) in [6.07, 6.45) is 3.68. The van der Waals surface area contributed by atoms with Gasteiger partial charge in [-0.15, -0.1) is 0 Å². The minimum atomic E-state index is -0.168. The molecular formula is C12H19N3O2. The minimum absolute atomic E-state index is 0.0715. The lowest BCUT2D eigenvalue weighted by molar-refractivity contribution is -0.126. The second-order valence-corrected chi connectivity index (χ2v) is 4.58. The summed E-state index contributed by atoms with van der Waals surface area (Å²) < 4.78 is 5.39. The van der Waals surface area contributed by atoms with Gasteiger partial charge in [0.2, 0.25) is 11.8 Å². The largest absolute Gasteiger partial charge is 0.444 e. The third-order valence-corrected chi connectivity index (χ3v) is 3.04. The molecule has 2 N–H and O–H groups in total. The average molecular weight is 237 g/mol. The Morgan fingerprint density at radius 1 is 1.71 bits per heavy atom. The van der Waals surface area contributed by atoms with Crippen molar-refractivity contribution in [3.63, 3.8) is 0 Å². The van der Waals surface area contributed by atoms with Gasteiger partial charge in [0.15, 0.2) is 0 Å². The highest BCUT2D eigenvalue weighted by Crippen LogP contribution is 2.15. The van der Waals surface area contributed by atoms with Crippen LogP contribution in [0.1, 0.15) is 37.5 Å². The minimum Gasteiger partial charge on any atom is -0.444 e. The van der Waals surface area contributed by atoms with Crippen LogP contribution in [0.3, 0.4) is 0 Å². The van der Waals surface area contributed by atoms with Crippen LogP contribution in [0.5, 0.6) is 0 Å². The van der Waals surface area contributed by atoms with Gasteiger partial charge < -0.3 is 15.1 Å². The van der Waals surface area contributed by atoms with Crippen LogP contribution >= 0.6 is 0 Å². The molecule has 2 heterocycles. The quantitative estimate of drug-likeness (QED) is 0.828. The van der Waals surface area contributed by atoms with Gasteiger partial charge >= 0.3 is 0 Å². The number of hydrogen-bond acceptors (Lipinski definition) is 4. The predicted molar refractivity (Wildman–Crippen MR) is 63.4 cm³/mol. The Bertz CT molecular complexity index is 383. The average Bonchev–Trinajstić information content (AvgIpc) is 2.77. The first-order valence-electron chi connectivity index (χ1n) is 6.10. The van der Waals surface area contributed by atoms with Crippen LogP contribution in [0.25, 0.3) is 0 Å². The smallest absolute Gasteiger partial charge is 0.225 e. The van der Waals surface area contributed by atoms with Crippen LogP contribution in [0, 0.1) is 12.8 Å². The lowest BCUT2D eigenvalue weighted by Crippen LogP contribution is -2.41. The number of aromatic nitrogens is 1. The van der Waals surface area contributed by atoms with Crippen molar-refractivity contribution in [1.29, 1.82) is 0 Å². The third-order valence-electron chi connectivity index (χ3n) is 3.04. The number of carbonyl (C=O) groups excluding carboxylic acids is 1. The van der Waals surface area contributed by atoms with Crippen molar-refractivity contribution < 1.29 is 9.21 Å². The summed E-state index contributed by atoms with van der Waals surface area (Å²) in [5.74, 6) is 1.49. The summed E-state index contributed by atoms with van der Waals surface area (Å²) in [6, 6.07) is -0.168. The van der Waals surface area contributed by atoms with Gasteiger partial charge in [-0.1, -0.05) is 0 Å². The molecule has 94 valence electrons. The topological polar surface area (TPSA) is 67.2 Å². The molecule has 1 amide bonds. The highest BCUT2D eigenvalue weighted by molar-refractivity contribution is 5.79. The molecule has 0 bridgehead atoms. The van der Waals surface area contributed by atoms with Crippen LogP contribution in [-0.2, 0) is 4.79 Å². The number of amides is 1. The fourth-order valence-corrected chi connectivity index (χ4v) is 2.04. The molecule has 0 aliphatic carbocycles. The molecular weight excluding hydrogens is 218 g/mol. The van der Waals surface area contributed by atoms with Crippen molar-refractivity contribution in [2.75, 3.05) is 13.1 Å². The van der Waals surface area contributed by atoms with Crippen molar-refractivity contribution in [2.45, 2.75) is 32.7 Å². The zero-order chi connectivity index (χ0) is 12.3. The van der Waals surface area contributed by atoms with Gasteiger partial charge in [0.05, 0.1) is 12.1 Å². The van der Waals surface area contributed by atoms with Crippen LogP contribution in [0.2, 0.25) is 0 Å². The first-order valence-corrected chi connectivity index (χ1v) is 6.10. The Labute approximate surface area is 101 Å². The highest BCUT2D eigenvalue weighted by Gasteiger charge is 2.23. The maximum Gasteiger partial charge on any atom is 0.225 e. The lowest BCUT2D eigenvalue weighted by atomic mass is 9.98. The predicted octanol–water partition coefficient (Wildman–Crippen LogP) is 1.16. The molecule has 0 spiro atoms. The van der Waals surface area contributed by atoms with Crippen LogP contribution in [0.15, 0.2) is 10.6 Å². The number of hydrogen-bond donors (Lipinski definition) is 2. The molecule has 5 nitrogen and oxygen atoms in total. The molecule has 1 aliphatic rings. The van der Waals surface area contributed by atoms with E-state index < -0.39 is 0 Å². The number of rotatable bonds is 3. The standard InChI is InChI=1S/C12H19N3O2/c1-8-6-14-12(17-8)9(2)15-11(16)10-4-3-5-13-7-10/h6,9-10,13H,3-5,7H2,1-2H3,(H,15,16). The van der Waals surface area contributed by atoms with E-state index in [9.17, 15) is 4.79 Å². The molecule has 5 heteroatoms. The van der Waals surface area contributed by atoms with Gasteiger partial charge in [-0.25, -0.2) is 4.98 Å². The summed E-state index contributed by atoms with van der Waals surface area (Å²) in [5.41, 5.74) is 0. The molecule has 2 unspecified atom stereocenters. The van der Waals surface area contributed by atoms with Gasteiger partial charge in [-0.2, -0.15) is 0 Å². The summed E-state index contributed by atoms with van der Waals surface area (Å²) in [7, 11) is 0. The molecule has 2 rings (SSSR count). The molecule has 0 saturated carbocycles. The van der Waals surface area contributed by atoms with E-state index in [1.807, 2.05) is 13.8 Å². The first-order chi connectivity index (χ1) is 8.16. The molecule has 1 aromatic rings. The number of aryl methyl sites for hydroxylation is 1. The van der Waals surface area contributed by atoms with Crippen LogP contribution in [-0.4, -0.2) is 24.0 Å². The normalized spacial score (nSPS) is 22.1. The molecule has 1 fully saturated rings. The SMILES string of the molecule is Cc1cnc(C(C)NC(=O)C2CCCNC2)o1. The molecule has 0 radical (unpaired) electrons. The van der Waals surface area contributed by atoms with Crippen molar-refractivity contribution in [2.24, 2.45) is 5.92 Å². The van der Waals surface area contributed by atoms with Gasteiger partial charge in [-0.3, -0.25) is 4.79 Å². The Balaban J connectivity index is 1.89. The molecule has 2 atom stereocenters. The van der Waals surface area contributed by atoms with E-state index in [0.717, 1.165) is 31.7 Å². The first kappa shape index (κ1) is 12.1. The highest BCUT2D eigenvalue weighted by atomic mass is 16.4. The number of oxazole rings is 1. The van der Waals surface area contributed by atoms with E-state index >= 15 is 0 Å². The molecule has 1 aromatic heterocycles. The van der Waals surface area contributed by atoms with E-state index in [4.69, 9.17) is 4.42 Å². The number of nitrogens with zero attached hydrogens (tertiary/aromatic N) is 1. The Morgan fingerprint density at radius 2 is 2.53 bits per heavy atom. The van der Waals surface area contributed by atoms with Gasteiger partial charge in [-0.05, 0) is 33.2 Å². The summed E-state index contributed by atoms with van der Waals surface area (Å²) in [4.78, 5) is 16.1. The van der Waals surface area contributed by atoms with Crippen molar-refractivity contribution in [3.05, 3.63) is 17.8 Å². The van der Waals surface area contributed by atoms with E-state index in [0.29, 0.717) is 5.89 Å². The molecule has 17 heavy (non-hydrogen) atoms. The Morgan fingerprint density at radius 3 is 3.12 bits per heavy atom.